The van der Waals surface area contributed by atoms with E-state index in [0.29, 0.717) is 28.8 Å². The summed E-state index contributed by atoms with van der Waals surface area (Å²) in [6.07, 6.45) is 0.581. The van der Waals surface area contributed by atoms with Crippen molar-refractivity contribution in [2.45, 2.75) is 20.3 Å². The predicted octanol–water partition coefficient (Wildman–Crippen LogP) is 2.44. The van der Waals surface area contributed by atoms with Gasteiger partial charge in [0.1, 0.15) is 10.6 Å². The van der Waals surface area contributed by atoms with Crippen LogP contribution in [-0.2, 0) is 6.42 Å². The van der Waals surface area contributed by atoms with Gasteiger partial charge in [0.15, 0.2) is 10.9 Å². The summed E-state index contributed by atoms with van der Waals surface area (Å²) in [4.78, 5) is 15.4. The maximum absolute atomic E-state index is 11.0. The Morgan fingerprint density at radius 2 is 2.41 bits per heavy atom. The van der Waals surface area contributed by atoms with Crippen LogP contribution in [0.2, 0.25) is 0 Å². The molecule has 2 heterocycles. The third-order valence-corrected chi connectivity index (χ3v) is 3.09. The molecule has 0 saturated carbocycles. The summed E-state index contributed by atoms with van der Waals surface area (Å²) >= 11 is 1.09. The molecule has 0 aromatic carbocycles. The number of nitrogens with one attached hydrogen (secondary N) is 1. The molecule has 0 fully saturated rings. The van der Waals surface area contributed by atoms with Crippen LogP contribution in [0.1, 0.15) is 28.0 Å². The minimum absolute atomic E-state index is 0.259. The molecule has 0 amide bonds. The van der Waals surface area contributed by atoms with E-state index < -0.39 is 5.97 Å². The molecule has 0 bridgehead atoms. The first-order valence-electron chi connectivity index (χ1n) is 5.03. The van der Waals surface area contributed by atoms with Gasteiger partial charge in [-0.2, -0.15) is 0 Å². The Hall–Kier alpha value is -1.89. The minimum Gasteiger partial charge on any atom is -0.477 e. The predicted molar refractivity (Wildman–Crippen MR) is 63.0 cm³/mol. The van der Waals surface area contributed by atoms with Crippen LogP contribution in [0.15, 0.2) is 10.6 Å². The van der Waals surface area contributed by atoms with Gasteiger partial charge in [-0.1, -0.05) is 23.4 Å². The molecule has 0 radical (unpaired) electrons. The summed E-state index contributed by atoms with van der Waals surface area (Å²) in [6, 6.07) is 1.72. The van der Waals surface area contributed by atoms with Crippen molar-refractivity contribution in [1.29, 1.82) is 0 Å². The van der Waals surface area contributed by atoms with Crippen LogP contribution >= 0.6 is 11.3 Å². The van der Waals surface area contributed by atoms with Crippen molar-refractivity contribution in [3.63, 3.8) is 0 Å². The lowest BCUT2D eigenvalue weighted by atomic mass is 10.3. The molecule has 2 N–H and O–H groups in total. The van der Waals surface area contributed by atoms with Crippen LogP contribution in [0, 0.1) is 6.92 Å². The minimum atomic E-state index is -0.955. The van der Waals surface area contributed by atoms with Gasteiger partial charge in [-0.05, 0) is 13.3 Å². The molecule has 0 saturated heterocycles. The first-order valence-corrected chi connectivity index (χ1v) is 5.85. The molecule has 0 atom stereocenters. The quantitative estimate of drug-likeness (QED) is 0.870. The first-order chi connectivity index (χ1) is 8.10. The maximum Gasteiger partial charge on any atom is 0.347 e. The Morgan fingerprint density at radius 1 is 1.65 bits per heavy atom. The number of aryl methyl sites for hydroxylation is 2. The van der Waals surface area contributed by atoms with E-state index in [1.807, 2.05) is 6.92 Å². The smallest absolute Gasteiger partial charge is 0.347 e. The van der Waals surface area contributed by atoms with Crippen LogP contribution in [0.25, 0.3) is 0 Å². The Balaban J connectivity index is 2.25. The number of thiazole rings is 1. The summed E-state index contributed by atoms with van der Waals surface area (Å²) in [5.41, 5.74) is 0.574. The average Bonchev–Trinajstić information content (AvgIpc) is 2.85. The largest absolute Gasteiger partial charge is 0.477 e. The number of carboxylic acid groups (broad SMARTS) is 1. The molecule has 7 heteroatoms. The number of rotatable bonds is 4. The molecular formula is C10H11N3O3S. The van der Waals surface area contributed by atoms with E-state index in [9.17, 15) is 4.79 Å². The summed E-state index contributed by atoms with van der Waals surface area (Å²) in [5, 5.41) is 16.2. The molecule has 0 aliphatic rings. The highest BCUT2D eigenvalue weighted by Gasteiger charge is 2.16. The van der Waals surface area contributed by atoms with E-state index in [2.05, 4.69) is 15.5 Å². The third-order valence-electron chi connectivity index (χ3n) is 2.09. The van der Waals surface area contributed by atoms with E-state index in [0.717, 1.165) is 11.3 Å². The molecular weight excluding hydrogens is 242 g/mol. The number of aromatic carboxylic acids is 1. The number of nitrogens with zero attached hydrogens (tertiary/aromatic N) is 2. The molecule has 0 unspecified atom stereocenters. The van der Waals surface area contributed by atoms with Gasteiger partial charge in [-0.25, -0.2) is 9.78 Å². The van der Waals surface area contributed by atoms with Gasteiger partial charge in [0.25, 0.3) is 0 Å². The van der Waals surface area contributed by atoms with Crippen LogP contribution in [0.5, 0.6) is 0 Å². The normalized spacial score (nSPS) is 10.5. The van der Waals surface area contributed by atoms with Crippen molar-refractivity contribution in [2.75, 3.05) is 5.32 Å². The monoisotopic (exact) mass is 253 g/mol. The molecule has 2 rings (SSSR count). The number of carbonyl (C=O) groups is 1. The average molecular weight is 253 g/mol. The molecule has 0 spiro atoms. The van der Waals surface area contributed by atoms with Crippen molar-refractivity contribution < 1.29 is 14.4 Å². The lowest BCUT2D eigenvalue weighted by molar-refractivity contribution is 0.0701. The van der Waals surface area contributed by atoms with Crippen LogP contribution in [0.3, 0.4) is 0 Å². The van der Waals surface area contributed by atoms with Crippen molar-refractivity contribution in [1.82, 2.24) is 10.1 Å². The van der Waals surface area contributed by atoms with E-state index >= 15 is 0 Å². The number of aromatic nitrogens is 2. The lowest BCUT2D eigenvalue weighted by Gasteiger charge is -1.93. The zero-order chi connectivity index (χ0) is 12.4. The van der Waals surface area contributed by atoms with E-state index in [4.69, 9.17) is 9.63 Å². The fourth-order valence-corrected chi connectivity index (χ4v) is 2.25. The summed E-state index contributed by atoms with van der Waals surface area (Å²) in [5.74, 6) is 0.248. The number of carboxylic acids is 1. The van der Waals surface area contributed by atoms with E-state index in [1.165, 1.54) is 0 Å². The van der Waals surface area contributed by atoms with Crippen molar-refractivity contribution in [2.24, 2.45) is 0 Å². The SMILES string of the molecule is CCc1nc(Nc2cc(C)on2)sc1C(=O)O. The Bertz CT molecular complexity index is 547. The second kappa shape index (κ2) is 4.54. The standard InChI is InChI=1S/C10H11N3O3S/c1-3-6-8(9(14)15)17-10(11-6)12-7-4-5(2)16-13-7/h4H,3H2,1-2H3,(H,14,15)(H,11,12,13). The zero-order valence-corrected chi connectivity index (χ0v) is 10.2. The van der Waals surface area contributed by atoms with Crippen LogP contribution in [0.4, 0.5) is 10.9 Å². The molecule has 6 nitrogen and oxygen atoms in total. The van der Waals surface area contributed by atoms with Gasteiger partial charge >= 0.3 is 5.97 Å². The van der Waals surface area contributed by atoms with Crippen LogP contribution < -0.4 is 5.32 Å². The van der Waals surface area contributed by atoms with Crippen molar-refractivity contribution in [3.8, 4) is 0 Å². The molecule has 2 aromatic rings. The molecule has 0 aliphatic carbocycles. The number of anilines is 2. The van der Waals surface area contributed by atoms with Gasteiger partial charge in [-0.15, -0.1) is 0 Å². The molecule has 17 heavy (non-hydrogen) atoms. The highest BCUT2D eigenvalue weighted by atomic mass is 32.1. The van der Waals surface area contributed by atoms with Gasteiger partial charge in [0, 0.05) is 6.07 Å². The Kier molecular flexibility index (Phi) is 3.10. The fraction of sp³-hybridized carbons (Fsp3) is 0.300. The Morgan fingerprint density at radius 3 is 2.88 bits per heavy atom. The summed E-state index contributed by atoms with van der Waals surface area (Å²) in [6.45, 7) is 3.64. The topological polar surface area (TPSA) is 88.3 Å². The highest BCUT2D eigenvalue weighted by Crippen LogP contribution is 2.26. The van der Waals surface area contributed by atoms with Gasteiger partial charge in [0.05, 0.1) is 5.69 Å². The van der Waals surface area contributed by atoms with Gasteiger partial charge in [-0.3, -0.25) is 0 Å². The van der Waals surface area contributed by atoms with Gasteiger partial charge in [0.2, 0.25) is 0 Å². The molecule has 90 valence electrons. The first kappa shape index (κ1) is 11.6. The second-order valence-electron chi connectivity index (χ2n) is 3.40. The fourth-order valence-electron chi connectivity index (χ4n) is 1.35. The van der Waals surface area contributed by atoms with Crippen LogP contribution in [-0.4, -0.2) is 21.2 Å². The van der Waals surface area contributed by atoms with Crippen molar-refractivity contribution in [3.05, 3.63) is 22.4 Å². The number of hydrogen-bond acceptors (Lipinski definition) is 6. The summed E-state index contributed by atoms with van der Waals surface area (Å²) < 4.78 is 4.90. The molecule has 0 aliphatic heterocycles. The zero-order valence-electron chi connectivity index (χ0n) is 9.35. The summed E-state index contributed by atoms with van der Waals surface area (Å²) in [7, 11) is 0. The maximum atomic E-state index is 11.0. The molecule has 2 aromatic heterocycles. The van der Waals surface area contributed by atoms with E-state index in [-0.39, 0.29) is 4.88 Å². The highest BCUT2D eigenvalue weighted by molar-refractivity contribution is 7.17. The number of hydrogen-bond donors (Lipinski definition) is 2. The lowest BCUT2D eigenvalue weighted by Crippen LogP contribution is -1.97. The van der Waals surface area contributed by atoms with E-state index in [1.54, 1.807) is 13.0 Å². The third kappa shape index (κ3) is 2.44. The Labute approximate surface area is 101 Å². The second-order valence-corrected chi connectivity index (χ2v) is 4.40. The van der Waals surface area contributed by atoms with Gasteiger partial charge < -0.3 is 14.9 Å². The van der Waals surface area contributed by atoms with Crippen molar-refractivity contribution >= 4 is 28.3 Å².